The number of methoxy groups -OCH3 is 1. The van der Waals surface area contributed by atoms with Crippen molar-refractivity contribution in [3.05, 3.63) is 93.4 Å². The number of fused-ring (bicyclic) bond motifs is 2. The third-order valence-electron chi connectivity index (χ3n) is 8.70. The number of carboxylic acid groups (broad SMARTS) is 1. The Labute approximate surface area is 247 Å². The van der Waals surface area contributed by atoms with E-state index in [1.54, 1.807) is 6.07 Å². The van der Waals surface area contributed by atoms with Gasteiger partial charge in [-0.1, -0.05) is 56.2 Å². The average Bonchev–Trinajstić information content (AvgIpc) is 3.57. The van der Waals surface area contributed by atoms with E-state index < -0.39 is 17.3 Å². The van der Waals surface area contributed by atoms with Gasteiger partial charge in [-0.3, -0.25) is 0 Å². The Morgan fingerprint density at radius 1 is 1.05 bits per heavy atom. The van der Waals surface area contributed by atoms with Gasteiger partial charge < -0.3 is 19.9 Å². The van der Waals surface area contributed by atoms with Gasteiger partial charge in [-0.25, -0.2) is 13.6 Å². The molecule has 3 unspecified atom stereocenters. The van der Waals surface area contributed by atoms with E-state index in [-0.39, 0.29) is 22.4 Å². The predicted octanol–water partition coefficient (Wildman–Crippen LogP) is 8.70. The lowest BCUT2D eigenvalue weighted by atomic mass is 9.66. The molecule has 6 rings (SSSR count). The molecule has 214 valence electrons. The Kier molecular flexibility index (Phi) is 7.68. The van der Waals surface area contributed by atoms with Crippen LogP contribution < -0.4 is 14.8 Å². The van der Waals surface area contributed by atoms with Crippen LogP contribution in [0.4, 0.5) is 14.5 Å². The van der Waals surface area contributed by atoms with Crippen LogP contribution >= 0.6 is 23.7 Å². The van der Waals surface area contributed by atoms with Crippen LogP contribution in [0.25, 0.3) is 11.1 Å². The molecule has 2 aliphatic carbocycles. The summed E-state index contributed by atoms with van der Waals surface area (Å²) >= 11 is 2.61. The van der Waals surface area contributed by atoms with Gasteiger partial charge in [0.05, 0.1) is 23.4 Å². The molecule has 5 nitrogen and oxygen atoms in total. The molecule has 3 aromatic carbocycles. The van der Waals surface area contributed by atoms with Crippen molar-refractivity contribution >= 4 is 35.4 Å². The van der Waals surface area contributed by atoms with Gasteiger partial charge in [0, 0.05) is 29.0 Å². The van der Waals surface area contributed by atoms with Crippen molar-refractivity contribution in [1.82, 2.24) is 5.32 Å². The van der Waals surface area contributed by atoms with Crippen molar-refractivity contribution in [1.29, 1.82) is 0 Å². The second-order valence-electron chi connectivity index (χ2n) is 11.5. The minimum Gasteiger partial charge on any atom is -0.495 e. The SMILES string of the molecule is COc1cc(C(=O)O)c(F)cc1NSC1=CSC(c2ccc(-c3ccc(C4(C)CC5CCC(C5)C4)cc3)cc2F)N1. The van der Waals surface area contributed by atoms with E-state index in [4.69, 9.17) is 9.84 Å². The van der Waals surface area contributed by atoms with Crippen LogP contribution in [-0.4, -0.2) is 18.2 Å². The van der Waals surface area contributed by atoms with Crippen LogP contribution in [0.5, 0.6) is 5.75 Å². The summed E-state index contributed by atoms with van der Waals surface area (Å²) in [7, 11) is 1.38. The minimum absolute atomic E-state index is 0.203. The number of benzene rings is 3. The molecule has 1 aliphatic heterocycles. The normalized spacial score (nSPS) is 25.0. The highest BCUT2D eigenvalue weighted by Gasteiger charge is 2.41. The van der Waals surface area contributed by atoms with E-state index in [1.165, 1.54) is 68.5 Å². The van der Waals surface area contributed by atoms with E-state index in [1.807, 2.05) is 17.5 Å². The molecule has 0 radical (unpaired) electrons. The first kappa shape index (κ1) is 28.0. The fourth-order valence-corrected chi connectivity index (χ4v) is 8.58. The molecule has 3 atom stereocenters. The van der Waals surface area contributed by atoms with Crippen LogP contribution in [-0.2, 0) is 5.41 Å². The van der Waals surface area contributed by atoms with E-state index >= 15 is 4.39 Å². The molecule has 3 aromatic rings. The second-order valence-corrected chi connectivity index (χ2v) is 13.3. The Bertz CT molecular complexity index is 1500. The number of carboxylic acids is 1. The van der Waals surface area contributed by atoms with Crippen LogP contribution in [0.1, 0.15) is 65.9 Å². The minimum atomic E-state index is -1.37. The summed E-state index contributed by atoms with van der Waals surface area (Å²) in [5.41, 5.74) is 3.85. The maximum atomic E-state index is 15.3. The summed E-state index contributed by atoms with van der Waals surface area (Å²) in [6, 6.07) is 16.3. The molecule has 0 aromatic heterocycles. The summed E-state index contributed by atoms with van der Waals surface area (Å²) in [5, 5.41) is 14.7. The summed E-state index contributed by atoms with van der Waals surface area (Å²) in [4.78, 5) is 11.2. The molecule has 3 N–H and O–H groups in total. The first-order valence-electron chi connectivity index (χ1n) is 13.8. The van der Waals surface area contributed by atoms with Gasteiger partial charge in [0.2, 0.25) is 0 Å². The molecule has 0 spiro atoms. The summed E-state index contributed by atoms with van der Waals surface area (Å²) < 4.78 is 37.7. The summed E-state index contributed by atoms with van der Waals surface area (Å²) in [5.74, 6) is -0.592. The average molecular weight is 595 g/mol. The molecule has 0 amide bonds. The largest absolute Gasteiger partial charge is 0.495 e. The number of rotatable bonds is 8. The van der Waals surface area contributed by atoms with Crippen molar-refractivity contribution in [2.75, 3.05) is 11.8 Å². The van der Waals surface area contributed by atoms with Crippen molar-refractivity contribution < 1.29 is 23.4 Å². The van der Waals surface area contributed by atoms with Gasteiger partial charge in [-0.2, -0.15) is 0 Å². The zero-order chi connectivity index (χ0) is 28.7. The van der Waals surface area contributed by atoms with E-state index in [9.17, 15) is 9.18 Å². The van der Waals surface area contributed by atoms with Gasteiger partial charge in [0.15, 0.2) is 0 Å². The standard InChI is InChI=1S/C32H32F2N2O3S2/c1-32(15-18-3-4-19(11-18)16-32)22-8-5-20(6-9-22)21-7-10-23(25(33)12-21)30-35-29(17-40-30)41-36-27-14-26(34)24(31(37)38)13-28(27)39-2/h5-10,12-14,17-19,30,35-36H,3-4,11,15-16H2,1-2H3,(H,37,38). The van der Waals surface area contributed by atoms with Gasteiger partial charge in [-0.05, 0) is 65.3 Å². The van der Waals surface area contributed by atoms with Crippen molar-refractivity contribution in [2.45, 2.75) is 49.8 Å². The molecule has 0 saturated heterocycles. The first-order valence-corrected chi connectivity index (χ1v) is 15.5. The number of halogens is 2. The number of ether oxygens (including phenoxy) is 1. The third-order valence-corrected chi connectivity index (χ3v) is 10.6. The number of thioether (sulfide) groups is 1. The molecule has 2 fully saturated rings. The van der Waals surface area contributed by atoms with E-state index in [0.717, 1.165) is 35.1 Å². The molecule has 1 heterocycles. The Balaban J connectivity index is 1.09. The van der Waals surface area contributed by atoms with Crippen molar-refractivity contribution in [3.63, 3.8) is 0 Å². The topological polar surface area (TPSA) is 70.6 Å². The molecule has 41 heavy (non-hydrogen) atoms. The highest BCUT2D eigenvalue weighted by molar-refractivity contribution is 8.07. The molecule has 2 bridgehead atoms. The Hall–Kier alpha value is -3.17. The van der Waals surface area contributed by atoms with Crippen LogP contribution in [0, 0.1) is 23.5 Å². The van der Waals surface area contributed by atoms with Crippen LogP contribution in [0.2, 0.25) is 0 Å². The number of nitrogens with one attached hydrogen (secondary N) is 2. The van der Waals surface area contributed by atoms with Gasteiger partial charge >= 0.3 is 5.97 Å². The lowest BCUT2D eigenvalue weighted by Crippen LogP contribution is -2.30. The number of carbonyl (C=O) groups is 1. The summed E-state index contributed by atoms with van der Waals surface area (Å²) in [6.45, 7) is 2.41. The van der Waals surface area contributed by atoms with E-state index in [2.05, 4.69) is 41.2 Å². The maximum Gasteiger partial charge on any atom is 0.338 e. The smallest absolute Gasteiger partial charge is 0.338 e. The monoisotopic (exact) mass is 594 g/mol. The molecular weight excluding hydrogens is 562 g/mol. The summed E-state index contributed by atoms with van der Waals surface area (Å²) in [6.07, 6.45) is 6.69. The van der Waals surface area contributed by atoms with E-state index in [0.29, 0.717) is 16.3 Å². The molecule has 2 saturated carbocycles. The van der Waals surface area contributed by atoms with Crippen molar-refractivity contribution in [2.24, 2.45) is 11.8 Å². The molecular formula is C32H32F2N2O3S2. The maximum absolute atomic E-state index is 15.3. The lowest BCUT2D eigenvalue weighted by Gasteiger charge is -2.38. The molecule has 3 aliphatic rings. The third kappa shape index (κ3) is 5.66. The Morgan fingerprint density at radius 2 is 1.76 bits per heavy atom. The zero-order valence-corrected chi connectivity index (χ0v) is 24.5. The van der Waals surface area contributed by atoms with Crippen LogP contribution in [0.3, 0.4) is 0 Å². The fourth-order valence-electron chi connectivity index (χ4n) is 6.73. The second kappa shape index (κ2) is 11.2. The lowest BCUT2D eigenvalue weighted by molar-refractivity contribution is 0.0691. The first-order chi connectivity index (χ1) is 19.7. The van der Waals surface area contributed by atoms with Gasteiger partial charge in [0.25, 0.3) is 0 Å². The zero-order valence-electron chi connectivity index (χ0n) is 22.9. The molecule has 9 heteroatoms. The highest BCUT2D eigenvalue weighted by Crippen LogP contribution is 2.51. The number of aromatic carboxylic acids is 1. The predicted molar refractivity (Wildman–Crippen MR) is 162 cm³/mol. The Morgan fingerprint density at radius 3 is 2.41 bits per heavy atom. The number of hydrogen-bond acceptors (Lipinski definition) is 6. The van der Waals surface area contributed by atoms with Gasteiger partial charge in [-0.15, -0.1) is 11.8 Å². The van der Waals surface area contributed by atoms with Crippen LogP contribution in [0.15, 0.2) is 65.0 Å². The number of anilines is 1. The number of hydrogen-bond donors (Lipinski definition) is 3. The quantitative estimate of drug-likeness (QED) is 0.225. The van der Waals surface area contributed by atoms with Crippen molar-refractivity contribution in [3.8, 4) is 16.9 Å². The van der Waals surface area contributed by atoms with Gasteiger partial charge in [0.1, 0.15) is 22.8 Å². The fraction of sp³-hybridized carbons (Fsp3) is 0.344. The highest BCUT2D eigenvalue weighted by atomic mass is 32.2.